The highest BCUT2D eigenvalue weighted by Crippen LogP contribution is 2.20. The molecule has 2 aromatic carbocycles. The Hall–Kier alpha value is -2.33. The summed E-state index contributed by atoms with van der Waals surface area (Å²) < 4.78 is 5.60. The fourth-order valence-corrected chi connectivity index (χ4v) is 2.82. The lowest BCUT2D eigenvalue weighted by molar-refractivity contribution is -0.123. The second-order valence-electron chi connectivity index (χ2n) is 6.50. The summed E-state index contributed by atoms with van der Waals surface area (Å²) in [5.74, 6) is 1.07. The second kappa shape index (κ2) is 7.49. The minimum Gasteiger partial charge on any atom is -0.484 e. The number of carbonyl (C=O) groups excluding carboxylic acids is 1. The van der Waals surface area contributed by atoms with Crippen LogP contribution in [0.4, 0.5) is 0 Å². The van der Waals surface area contributed by atoms with E-state index in [2.05, 4.69) is 48.7 Å². The Kier molecular flexibility index (Phi) is 5.16. The van der Waals surface area contributed by atoms with Crippen molar-refractivity contribution in [1.82, 2.24) is 10.6 Å². The molecule has 0 radical (unpaired) electrons. The minimum absolute atomic E-state index is 0.0358. The van der Waals surface area contributed by atoms with Gasteiger partial charge in [-0.2, -0.15) is 0 Å². The van der Waals surface area contributed by atoms with Gasteiger partial charge in [0.15, 0.2) is 6.61 Å². The van der Waals surface area contributed by atoms with Crippen LogP contribution in [0.2, 0.25) is 0 Å². The van der Waals surface area contributed by atoms with E-state index in [0.29, 0.717) is 12.5 Å². The van der Waals surface area contributed by atoms with Gasteiger partial charge in [0.2, 0.25) is 0 Å². The van der Waals surface area contributed by atoms with Gasteiger partial charge in [0.25, 0.3) is 5.91 Å². The van der Waals surface area contributed by atoms with Crippen molar-refractivity contribution in [3.05, 3.63) is 64.7 Å². The lowest BCUT2D eigenvalue weighted by Crippen LogP contribution is -2.28. The first-order chi connectivity index (χ1) is 11.6. The van der Waals surface area contributed by atoms with E-state index in [9.17, 15) is 4.79 Å². The molecule has 0 spiro atoms. The molecule has 24 heavy (non-hydrogen) atoms. The highest BCUT2D eigenvalue weighted by Gasteiger charge is 2.10. The van der Waals surface area contributed by atoms with Gasteiger partial charge in [0, 0.05) is 19.6 Å². The summed E-state index contributed by atoms with van der Waals surface area (Å²) in [7, 11) is 0. The van der Waals surface area contributed by atoms with Crippen LogP contribution >= 0.6 is 0 Å². The van der Waals surface area contributed by atoms with Crippen LogP contribution in [0.15, 0.2) is 42.5 Å². The van der Waals surface area contributed by atoms with E-state index >= 15 is 0 Å². The van der Waals surface area contributed by atoms with Crippen molar-refractivity contribution in [2.45, 2.75) is 39.4 Å². The normalized spacial score (nSPS) is 13.0. The van der Waals surface area contributed by atoms with E-state index in [0.717, 1.165) is 24.4 Å². The Morgan fingerprint density at radius 2 is 2.00 bits per heavy atom. The van der Waals surface area contributed by atoms with Crippen molar-refractivity contribution in [2.24, 2.45) is 0 Å². The summed E-state index contributed by atoms with van der Waals surface area (Å²) in [5.41, 5.74) is 4.99. The molecule has 1 aliphatic rings. The Balaban J connectivity index is 1.48. The molecule has 2 aromatic rings. The molecule has 0 aromatic heterocycles. The van der Waals surface area contributed by atoms with Gasteiger partial charge in [-0.1, -0.05) is 44.2 Å². The zero-order valence-electron chi connectivity index (χ0n) is 14.3. The lowest BCUT2D eigenvalue weighted by atomic mass is 10.0. The summed E-state index contributed by atoms with van der Waals surface area (Å²) >= 11 is 0. The molecule has 0 unspecified atom stereocenters. The van der Waals surface area contributed by atoms with Gasteiger partial charge in [-0.3, -0.25) is 4.79 Å². The van der Waals surface area contributed by atoms with E-state index in [4.69, 9.17) is 4.74 Å². The summed E-state index contributed by atoms with van der Waals surface area (Å²) in [6.45, 7) is 6.68. The molecule has 1 aliphatic heterocycles. The fraction of sp³-hybridized carbons (Fsp3) is 0.350. The van der Waals surface area contributed by atoms with E-state index < -0.39 is 0 Å². The molecule has 2 N–H and O–H groups in total. The average molecular weight is 324 g/mol. The van der Waals surface area contributed by atoms with Gasteiger partial charge in [-0.15, -0.1) is 0 Å². The molecule has 1 amide bonds. The number of carbonyl (C=O) groups is 1. The molecule has 4 nitrogen and oxygen atoms in total. The Morgan fingerprint density at radius 3 is 2.83 bits per heavy atom. The van der Waals surface area contributed by atoms with Gasteiger partial charge < -0.3 is 15.4 Å². The SMILES string of the molecule is CC(C)c1cccc(OCC(=O)NCc2ccc3c(c2)CNC3)c1. The number of hydrogen-bond acceptors (Lipinski definition) is 3. The largest absolute Gasteiger partial charge is 0.484 e. The monoisotopic (exact) mass is 324 g/mol. The topological polar surface area (TPSA) is 50.4 Å². The highest BCUT2D eigenvalue weighted by atomic mass is 16.5. The van der Waals surface area contributed by atoms with Crippen molar-refractivity contribution >= 4 is 5.91 Å². The van der Waals surface area contributed by atoms with Crippen molar-refractivity contribution in [3.8, 4) is 5.75 Å². The summed E-state index contributed by atoms with van der Waals surface area (Å²) in [6.07, 6.45) is 0. The van der Waals surface area contributed by atoms with Crippen LogP contribution in [0, 0.1) is 0 Å². The molecule has 0 fully saturated rings. The third kappa shape index (κ3) is 4.15. The molecule has 0 saturated heterocycles. The van der Waals surface area contributed by atoms with Crippen LogP contribution < -0.4 is 15.4 Å². The van der Waals surface area contributed by atoms with E-state index in [1.165, 1.54) is 16.7 Å². The zero-order valence-corrected chi connectivity index (χ0v) is 14.3. The van der Waals surface area contributed by atoms with Crippen LogP contribution in [0.3, 0.4) is 0 Å². The maximum atomic E-state index is 12.0. The Labute approximate surface area is 143 Å². The predicted molar refractivity (Wildman–Crippen MR) is 94.9 cm³/mol. The summed E-state index contributed by atoms with van der Waals surface area (Å²) in [6, 6.07) is 14.3. The third-order valence-electron chi connectivity index (χ3n) is 4.29. The van der Waals surface area contributed by atoms with Crippen LogP contribution in [0.25, 0.3) is 0 Å². The minimum atomic E-state index is -0.108. The third-order valence-corrected chi connectivity index (χ3v) is 4.29. The summed E-state index contributed by atoms with van der Waals surface area (Å²) in [4.78, 5) is 12.0. The van der Waals surface area contributed by atoms with Gasteiger partial charge >= 0.3 is 0 Å². The molecule has 0 bridgehead atoms. The smallest absolute Gasteiger partial charge is 0.258 e. The van der Waals surface area contributed by atoms with Crippen molar-refractivity contribution in [1.29, 1.82) is 0 Å². The maximum absolute atomic E-state index is 12.0. The number of hydrogen-bond donors (Lipinski definition) is 2. The van der Waals surface area contributed by atoms with Crippen molar-refractivity contribution in [2.75, 3.05) is 6.61 Å². The van der Waals surface area contributed by atoms with Crippen LogP contribution in [0.1, 0.15) is 42.0 Å². The van der Waals surface area contributed by atoms with Gasteiger partial charge in [0.05, 0.1) is 0 Å². The van der Waals surface area contributed by atoms with Gasteiger partial charge in [0.1, 0.15) is 5.75 Å². The molecule has 0 aliphatic carbocycles. The molecular weight excluding hydrogens is 300 g/mol. The number of amides is 1. The first-order valence-corrected chi connectivity index (χ1v) is 8.42. The lowest BCUT2D eigenvalue weighted by Gasteiger charge is -2.11. The Morgan fingerprint density at radius 1 is 1.17 bits per heavy atom. The number of rotatable bonds is 6. The number of fused-ring (bicyclic) bond motifs is 1. The number of nitrogens with one attached hydrogen (secondary N) is 2. The second-order valence-corrected chi connectivity index (χ2v) is 6.50. The van der Waals surface area contributed by atoms with Gasteiger partial charge in [-0.25, -0.2) is 0 Å². The zero-order chi connectivity index (χ0) is 16.9. The Bertz CT molecular complexity index is 725. The standard InChI is InChI=1S/C20H24N2O2/c1-14(2)16-4-3-5-19(9-16)24-13-20(23)22-10-15-6-7-17-11-21-12-18(17)8-15/h3-9,14,21H,10-13H2,1-2H3,(H,22,23). The fourth-order valence-electron chi connectivity index (χ4n) is 2.82. The van der Waals surface area contributed by atoms with E-state index in [-0.39, 0.29) is 12.5 Å². The molecule has 0 saturated carbocycles. The first-order valence-electron chi connectivity index (χ1n) is 8.42. The molecule has 126 valence electrons. The molecule has 3 rings (SSSR count). The molecular formula is C20H24N2O2. The van der Waals surface area contributed by atoms with Crippen LogP contribution in [-0.4, -0.2) is 12.5 Å². The van der Waals surface area contributed by atoms with E-state index in [1.54, 1.807) is 0 Å². The average Bonchev–Trinajstić information content (AvgIpc) is 3.06. The van der Waals surface area contributed by atoms with Crippen LogP contribution in [-0.2, 0) is 24.4 Å². The van der Waals surface area contributed by atoms with Crippen molar-refractivity contribution in [3.63, 3.8) is 0 Å². The molecule has 1 heterocycles. The van der Waals surface area contributed by atoms with Crippen LogP contribution in [0.5, 0.6) is 5.75 Å². The summed E-state index contributed by atoms with van der Waals surface area (Å²) in [5, 5.41) is 6.24. The maximum Gasteiger partial charge on any atom is 0.258 e. The predicted octanol–water partition coefficient (Wildman–Crippen LogP) is 3.11. The number of ether oxygens (including phenoxy) is 1. The van der Waals surface area contributed by atoms with Gasteiger partial charge in [-0.05, 0) is 40.3 Å². The highest BCUT2D eigenvalue weighted by molar-refractivity contribution is 5.77. The number of benzene rings is 2. The first kappa shape index (κ1) is 16.5. The van der Waals surface area contributed by atoms with Crippen molar-refractivity contribution < 1.29 is 9.53 Å². The quantitative estimate of drug-likeness (QED) is 0.858. The van der Waals surface area contributed by atoms with E-state index in [1.807, 2.05) is 18.2 Å². The molecule has 0 atom stereocenters. The molecule has 4 heteroatoms.